The summed E-state index contributed by atoms with van der Waals surface area (Å²) in [5.74, 6) is 0.0190. The topological polar surface area (TPSA) is 79.6 Å². The Balaban J connectivity index is 1.43. The van der Waals surface area contributed by atoms with Gasteiger partial charge in [-0.15, -0.1) is 11.3 Å². The van der Waals surface area contributed by atoms with Gasteiger partial charge in [0.05, 0.1) is 10.6 Å². The molecule has 0 spiro atoms. The van der Waals surface area contributed by atoms with Gasteiger partial charge in [-0.1, -0.05) is 30.3 Å². The number of piperazine rings is 1. The van der Waals surface area contributed by atoms with E-state index in [9.17, 15) is 14.9 Å². The van der Waals surface area contributed by atoms with Crippen LogP contribution >= 0.6 is 11.3 Å². The van der Waals surface area contributed by atoms with Crippen LogP contribution < -0.4 is 4.90 Å². The number of nitrogens with zero attached hydrogens (tertiary/aromatic N) is 4. The molecule has 148 valence electrons. The van der Waals surface area contributed by atoms with Gasteiger partial charge in [-0.3, -0.25) is 14.9 Å². The molecule has 3 aromatic rings. The average Bonchev–Trinajstić information content (AvgIpc) is 3.15. The highest BCUT2D eigenvalue weighted by molar-refractivity contribution is 7.17. The van der Waals surface area contributed by atoms with Gasteiger partial charge >= 0.3 is 0 Å². The quantitative estimate of drug-likeness (QED) is 0.482. The van der Waals surface area contributed by atoms with Gasteiger partial charge in [-0.25, -0.2) is 4.98 Å². The van der Waals surface area contributed by atoms with Crippen molar-refractivity contribution in [3.05, 3.63) is 75.3 Å². The maximum Gasteiger partial charge on any atom is 0.269 e. The monoisotopic (exact) mass is 408 g/mol. The van der Waals surface area contributed by atoms with E-state index in [0.717, 1.165) is 22.0 Å². The lowest BCUT2D eigenvalue weighted by atomic mass is 10.2. The normalized spacial score (nSPS) is 14.1. The van der Waals surface area contributed by atoms with Crippen molar-refractivity contribution in [3.8, 4) is 10.6 Å². The third-order valence-electron chi connectivity index (χ3n) is 5.00. The minimum Gasteiger partial charge on any atom is -0.368 e. The van der Waals surface area contributed by atoms with Crippen molar-refractivity contribution < 1.29 is 9.72 Å². The Morgan fingerprint density at radius 1 is 1.03 bits per heavy atom. The molecule has 1 aliphatic heterocycles. The Morgan fingerprint density at radius 2 is 1.69 bits per heavy atom. The third-order valence-corrected chi connectivity index (χ3v) is 6.20. The SMILES string of the molecule is Cc1nc(-c2ccccc2)sc1C(=O)N1CCN(c2ccc([N+](=O)[O-])cc2)CC1. The van der Waals surface area contributed by atoms with Gasteiger partial charge in [0.25, 0.3) is 11.6 Å². The Labute approximate surface area is 172 Å². The van der Waals surface area contributed by atoms with Gasteiger partial charge in [-0.05, 0) is 19.1 Å². The first-order valence-electron chi connectivity index (χ1n) is 9.34. The molecule has 8 heteroatoms. The number of hydrogen-bond acceptors (Lipinski definition) is 6. The minimum atomic E-state index is -0.401. The number of amides is 1. The third kappa shape index (κ3) is 3.97. The number of non-ortho nitro benzene ring substituents is 1. The van der Waals surface area contributed by atoms with Gasteiger partial charge in [0.2, 0.25) is 0 Å². The maximum atomic E-state index is 13.0. The molecule has 1 saturated heterocycles. The Kier molecular flexibility index (Phi) is 5.26. The van der Waals surface area contributed by atoms with Gasteiger partial charge in [0, 0.05) is 49.6 Å². The molecule has 1 aromatic heterocycles. The van der Waals surface area contributed by atoms with Crippen molar-refractivity contribution in [2.24, 2.45) is 0 Å². The highest BCUT2D eigenvalue weighted by atomic mass is 32.1. The summed E-state index contributed by atoms with van der Waals surface area (Å²) in [7, 11) is 0. The fourth-order valence-corrected chi connectivity index (χ4v) is 4.44. The van der Waals surface area contributed by atoms with Crippen LogP contribution in [0.4, 0.5) is 11.4 Å². The van der Waals surface area contributed by atoms with E-state index in [1.165, 1.54) is 23.5 Å². The molecule has 1 aliphatic rings. The summed E-state index contributed by atoms with van der Waals surface area (Å²) in [5, 5.41) is 11.7. The number of nitro benzene ring substituents is 1. The van der Waals surface area contributed by atoms with Crippen LogP contribution in [0, 0.1) is 17.0 Å². The minimum absolute atomic E-state index is 0.0190. The summed E-state index contributed by atoms with van der Waals surface area (Å²) < 4.78 is 0. The summed E-state index contributed by atoms with van der Waals surface area (Å²) in [6.07, 6.45) is 0. The molecule has 4 rings (SSSR count). The van der Waals surface area contributed by atoms with Gasteiger partial charge < -0.3 is 9.80 Å². The zero-order valence-electron chi connectivity index (χ0n) is 15.9. The average molecular weight is 408 g/mol. The van der Waals surface area contributed by atoms with E-state index >= 15 is 0 Å². The Morgan fingerprint density at radius 3 is 2.31 bits per heavy atom. The summed E-state index contributed by atoms with van der Waals surface area (Å²) in [5.41, 5.74) is 2.79. The lowest BCUT2D eigenvalue weighted by Crippen LogP contribution is -2.48. The van der Waals surface area contributed by atoms with E-state index in [2.05, 4.69) is 9.88 Å². The molecule has 0 bridgehead atoms. The van der Waals surface area contributed by atoms with Crippen LogP contribution in [0.1, 0.15) is 15.4 Å². The number of aryl methyl sites for hydroxylation is 1. The number of hydrogen-bond donors (Lipinski definition) is 0. The molecule has 29 heavy (non-hydrogen) atoms. The molecule has 2 aromatic carbocycles. The zero-order chi connectivity index (χ0) is 20.4. The first kappa shape index (κ1) is 19.1. The van der Waals surface area contributed by atoms with E-state index in [0.29, 0.717) is 31.1 Å². The van der Waals surface area contributed by atoms with Crippen LogP contribution in [0.5, 0.6) is 0 Å². The van der Waals surface area contributed by atoms with Gasteiger partial charge in [-0.2, -0.15) is 0 Å². The van der Waals surface area contributed by atoms with Crippen LogP contribution in [0.2, 0.25) is 0 Å². The number of carbonyl (C=O) groups excluding carboxylic acids is 1. The predicted octanol–water partition coefficient (Wildman–Crippen LogP) is 3.99. The molecular weight excluding hydrogens is 388 g/mol. The largest absolute Gasteiger partial charge is 0.368 e. The first-order valence-corrected chi connectivity index (χ1v) is 10.2. The van der Waals surface area contributed by atoms with Crippen LogP contribution in [0.3, 0.4) is 0 Å². The summed E-state index contributed by atoms with van der Waals surface area (Å²) in [6.45, 7) is 4.46. The first-order chi connectivity index (χ1) is 14.0. The van der Waals surface area contributed by atoms with E-state index in [1.807, 2.05) is 42.2 Å². The maximum absolute atomic E-state index is 13.0. The molecule has 2 heterocycles. The van der Waals surface area contributed by atoms with Gasteiger partial charge in [0.1, 0.15) is 9.88 Å². The second kappa shape index (κ2) is 8.00. The number of anilines is 1. The van der Waals surface area contributed by atoms with E-state index in [4.69, 9.17) is 0 Å². The number of thiazole rings is 1. The highest BCUT2D eigenvalue weighted by Crippen LogP contribution is 2.29. The molecular formula is C21H20N4O3S. The Bertz CT molecular complexity index is 1030. The van der Waals surface area contributed by atoms with Crippen molar-refractivity contribution in [1.29, 1.82) is 0 Å². The second-order valence-electron chi connectivity index (χ2n) is 6.85. The van der Waals surface area contributed by atoms with Gasteiger partial charge in [0.15, 0.2) is 0 Å². The number of aromatic nitrogens is 1. The molecule has 1 amide bonds. The summed E-state index contributed by atoms with van der Waals surface area (Å²) >= 11 is 1.44. The molecule has 0 radical (unpaired) electrons. The van der Waals surface area contributed by atoms with E-state index in [1.54, 1.807) is 12.1 Å². The fraction of sp³-hybridized carbons (Fsp3) is 0.238. The van der Waals surface area contributed by atoms with Crippen LogP contribution in [0.15, 0.2) is 54.6 Å². The van der Waals surface area contributed by atoms with Crippen LogP contribution in [-0.4, -0.2) is 46.9 Å². The van der Waals surface area contributed by atoms with Crippen molar-refractivity contribution in [2.45, 2.75) is 6.92 Å². The fourth-order valence-electron chi connectivity index (χ4n) is 3.40. The standard InChI is InChI=1S/C21H20N4O3S/c1-15-19(29-20(22-15)16-5-3-2-4-6-16)21(26)24-13-11-23(12-14-24)17-7-9-18(10-8-17)25(27)28/h2-10H,11-14H2,1H3. The summed E-state index contributed by atoms with van der Waals surface area (Å²) in [4.78, 5) is 32.7. The molecule has 0 unspecified atom stereocenters. The number of benzene rings is 2. The van der Waals surface area contributed by atoms with Crippen molar-refractivity contribution in [3.63, 3.8) is 0 Å². The van der Waals surface area contributed by atoms with Crippen molar-refractivity contribution in [1.82, 2.24) is 9.88 Å². The lowest BCUT2D eigenvalue weighted by molar-refractivity contribution is -0.384. The predicted molar refractivity (Wildman–Crippen MR) is 113 cm³/mol. The number of carbonyl (C=O) groups is 1. The zero-order valence-corrected chi connectivity index (χ0v) is 16.8. The number of rotatable bonds is 4. The molecule has 0 N–H and O–H groups in total. The molecule has 0 atom stereocenters. The molecule has 0 saturated carbocycles. The van der Waals surface area contributed by atoms with Crippen molar-refractivity contribution >= 4 is 28.6 Å². The second-order valence-corrected chi connectivity index (χ2v) is 7.85. The van der Waals surface area contributed by atoms with E-state index < -0.39 is 4.92 Å². The van der Waals surface area contributed by atoms with Crippen molar-refractivity contribution in [2.75, 3.05) is 31.1 Å². The molecule has 0 aliphatic carbocycles. The Hall–Kier alpha value is -3.26. The highest BCUT2D eigenvalue weighted by Gasteiger charge is 2.26. The lowest BCUT2D eigenvalue weighted by Gasteiger charge is -2.36. The summed E-state index contributed by atoms with van der Waals surface area (Å²) in [6, 6.07) is 16.4. The van der Waals surface area contributed by atoms with Crippen LogP contribution in [0.25, 0.3) is 10.6 Å². The molecule has 1 fully saturated rings. The smallest absolute Gasteiger partial charge is 0.269 e. The van der Waals surface area contributed by atoms with E-state index in [-0.39, 0.29) is 11.6 Å². The number of nitro groups is 1. The molecule has 7 nitrogen and oxygen atoms in total. The van der Waals surface area contributed by atoms with Crippen LogP contribution in [-0.2, 0) is 0 Å².